The number of hydrogen-bond donors (Lipinski definition) is 1. The average molecular weight is 204 g/mol. The fraction of sp³-hybridized carbons (Fsp3) is 1.00. The monoisotopic (exact) mass is 204 g/mol. The largest absolute Gasteiger partial charge is 0.396 e. The van der Waals surface area contributed by atoms with Crippen LogP contribution in [0.4, 0.5) is 8.78 Å². The third-order valence-electron chi connectivity index (χ3n) is 3.76. The van der Waals surface area contributed by atoms with Gasteiger partial charge in [0.2, 0.25) is 5.92 Å². The highest BCUT2D eigenvalue weighted by Crippen LogP contribution is 2.53. The van der Waals surface area contributed by atoms with Gasteiger partial charge in [-0.15, -0.1) is 0 Å². The summed E-state index contributed by atoms with van der Waals surface area (Å²) in [6.07, 6.45) is 4.58. The lowest BCUT2D eigenvalue weighted by atomic mass is 9.80. The predicted octanol–water partition coefficient (Wildman–Crippen LogP) is 2.97. The van der Waals surface area contributed by atoms with Gasteiger partial charge in [0.05, 0.1) is 0 Å². The summed E-state index contributed by atoms with van der Waals surface area (Å²) in [5.74, 6) is -2.29. The van der Waals surface area contributed by atoms with Crippen molar-refractivity contribution in [2.75, 3.05) is 6.61 Å². The molecule has 1 nitrogen and oxygen atoms in total. The zero-order valence-electron chi connectivity index (χ0n) is 8.44. The van der Waals surface area contributed by atoms with E-state index in [9.17, 15) is 8.78 Å². The molecule has 0 aromatic rings. The van der Waals surface area contributed by atoms with Crippen molar-refractivity contribution in [1.29, 1.82) is 0 Å². The Morgan fingerprint density at radius 3 is 2.43 bits per heavy atom. The smallest absolute Gasteiger partial charge is 0.248 e. The summed E-state index contributed by atoms with van der Waals surface area (Å²) in [5, 5.41) is 9.13. The van der Waals surface area contributed by atoms with Crippen LogP contribution in [0.25, 0.3) is 0 Å². The van der Waals surface area contributed by atoms with E-state index in [1.165, 1.54) is 0 Å². The van der Waals surface area contributed by atoms with Crippen LogP contribution in [0.5, 0.6) is 0 Å². The zero-order chi connectivity index (χ0) is 10.2. The fourth-order valence-corrected chi connectivity index (χ4v) is 2.67. The van der Waals surface area contributed by atoms with Crippen molar-refractivity contribution in [3.63, 3.8) is 0 Å². The first-order valence-electron chi connectivity index (χ1n) is 5.54. The third-order valence-corrected chi connectivity index (χ3v) is 3.76. The normalized spacial score (nSPS) is 34.1. The summed E-state index contributed by atoms with van der Waals surface area (Å²) >= 11 is 0. The van der Waals surface area contributed by atoms with Crippen molar-refractivity contribution in [1.82, 2.24) is 0 Å². The Hall–Kier alpha value is -0.180. The van der Waals surface area contributed by atoms with Crippen molar-refractivity contribution in [2.45, 2.75) is 50.9 Å². The van der Waals surface area contributed by atoms with Gasteiger partial charge in [-0.05, 0) is 43.4 Å². The van der Waals surface area contributed by atoms with Crippen LogP contribution >= 0.6 is 0 Å². The SMILES string of the molecule is OCC1(CC2CCCC(F)(F)C2)CC1. The van der Waals surface area contributed by atoms with Crippen LogP contribution in [-0.4, -0.2) is 17.6 Å². The number of aliphatic hydroxyl groups excluding tert-OH is 1. The lowest BCUT2D eigenvalue weighted by molar-refractivity contribution is -0.0576. The second-order valence-corrected chi connectivity index (χ2v) is 5.18. The minimum atomic E-state index is -2.44. The van der Waals surface area contributed by atoms with Crippen molar-refractivity contribution in [3.05, 3.63) is 0 Å². The van der Waals surface area contributed by atoms with E-state index in [2.05, 4.69) is 0 Å². The number of halogens is 2. The molecule has 0 saturated heterocycles. The lowest BCUT2D eigenvalue weighted by Crippen LogP contribution is -2.28. The summed E-state index contributed by atoms with van der Waals surface area (Å²) in [4.78, 5) is 0. The summed E-state index contributed by atoms with van der Waals surface area (Å²) in [5.41, 5.74) is 0.0398. The molecule has 2 saturated carbocycles. The van der Waals surface area contributed by atoms with E-state index in [-0.39, 0.29) is 30.8 Å². The van der Waals surface area contributed by atoms with E-state index in [1.807, 2.05) is 0 Å². The molecule has 0 aliphatic heterocycles. The van der Waals surface area contributed by atoms with Gasteiger partial charge in [0, 0.05) is 19.4 Å². The molecule has 1 N–H and O–H groups in total. The molecule has 0 aromatic carbocycles. The van der Waals surface area contributed by atoms with Crippen LogP contribution in [-0.2, 0) is 0 Å². The number of alkyl halides is 2. The highest BCUT2D eigenvalue weighted by atomic mass is 19.3. The fourth-order valence-electron chi connectivity index (χ4n) is 2.67. The Morgan fingerprint density at radius 1 is 1.21 bits per heavy atom. The third kappa shape index (κ3) is 2.25. The molecule has 3 heteroatoms. The maximum atomic E-state index is 13.1. The molecule has 0 bridgehead atoms. The molecule has 0 radical (unpaired) electrons. The number of hydrogen-bond acceptors (Lipinski definition) is 1. The van der Waals surface area contributed by atoms with Crippen LogP contribution in [0.15, 0.2) is 0 Å². The minimum absolute atomic E-state index is 0.0398. The van der Waals surface area contributed by atoms with Gasteiger partial charge in [-0.2, -0.15) is 0 Å². The summed E-state index contributed by atoms with van der Waals surface area (Å²) < 4.78 is 26.2. The van der Waals surface area contributed by atoms with Gasteiger partial charge in [-0.3, -0.25) is 0 Å². The maximum absolute atomic E-state index is 13.1. The van der Waals surface area contributed by atoms with Crippen molar-refractivity contribution < 1.29 is 13.9 Å². The Balaban J connectivity index is 1.86. The number of rotatable bonds is 3. The summed E-state index contributed by atoms with van der Waals surface area (Å²) in [6.45, 7) is 0.190. The first-order chi connectivity index (χ1) is 6.55. The molecular formula is C11H18F2O. The molecule has 0 aromatic heterocycles. The summed E-state index contributed by atoms with van der Waals surface area (Å²) in [7, 11) is 0. The van der Waals surface area contributed by atoms with Crippen molar-refractivity contribution >= 4 is 0 Å². The molecule has 0 amide bonds. The zero-order valence-corrected chi connectivity index (χ0v) is 8.44. The van der Waals surface area contributed by atoms with Gasteiger partial charge in [0.25, 0.3) is 0 Å². The van der Waals surface area contributed by atoms with Gasteiger partial charge in [-0.1, -0.05) is 0 Å². The van der Waals surface area contributed by atoms with Crippen molar-refractivity contribution in [2.24, 2.45) is 11.3 Å². The molecule has 2 fully saturated rings. The number of aliphatic hydroxyl groups is 1. The van der Waals surface area contributed by atoms with Gasteiger partial charge in [0.1, 0.15) is 0 Å². The Kier molecular flexibility index (Phi) is 2.54. The first kappa shape index (κ1) is 10.3. The minimum Gasteiger partial charge on any atom is -0.396 e. The summed E-state index contributed by atoms with van der Waals surface area (Å²) in [6, 6.07) is 0. The Morgan fingerprint density at radius 2 is 1.93 bits per heavy atom. The van der Waals surface area contributed by atoms with Crippen LogP contribution in [0, 0.1) is 11.3 Å². The van der Waals surface area contributed by atoms with E-state index in [4.69, 9.17) is 5.11 Å². The van der Waals surface area contributed by atoms with Crippen molar-refractivity contribution in [3.8, 4) is 0 Å². The van der Waals surface area contributed by atoms with Crippen LogP contribution in [0.1, 0.15) is 44.9 Å². The van der Waals surface area contributed by atoms with Gasteiger partial charge in [0.15, 0.2) is 0 Å². The van der Waals surface area contributed by atoms with Crippen LogP contribution in [0.2, 0.25) is 0 Å². The topological polar surface area (TPSA) is 20.2 Å². The van der Waals surface area contributed by atoms with E-state index in [1.54, 1.807) is 0 Å². The molecule has 2 aliphatic rings. The van der Waals surface area contributed by atoms with Crippen LogP contribution in [0.3, 0.4) is 0 Å². The molecule has 0 spiro atoms. The standard InChI is InChI=1S/C11H18F2O/c12-11(13)3-1-2-9(7-11)6-10(8-14)4-5-10/h9,14H,1-8H2. The molecule has 0 heterocycles. The second-order valence-electron chi connectivity index (χ2n) is 5.18. The van der Waals surface area contributed by atoms with E-state index in [0.717, 1.165) is 25.7 Å². The van der Waals surface area contributed by atoms with E-state index in [0.29, 0.717) is 6.42 Å². The molecule has 2 rings (SSSR count). The van der Waals surface area contributed by atoms with E-state index >= 15 is 0 Å². The molecular weight excluding hydrogens is 186 g/mol. The van der Waals surface area contributed by atoms with Crippen LogP contribution < -0.4 is 0 Å². The van der Waals surface area contributed by atoms with E-state index < -0.39 is 5.92 Å². The van der Waals surface area contributed by atoms with Gasteiger partial charge in [-0.25, -0.2) is 8.78 Å². The average Bonchev–Trinajstić information content (AvgIpc) is 2.84. The highest BCUT2D eigenvalue weighted by molar-refractivity contribution is 4.95. The molecule has 82 valence electrons. The molecule has 14 heavy (non-hydrogen) atoms. The van der Waals surface area contributed by atoms with Gasteiger partial charge >= 0.3 is 0 Å². The first-order valence-corrected chi connectivity index (χ1v) is 5.54. The quantitative estimate of drug-likeness (QED) is 0.749. The highest BCUT2D eigenvalue weighted by Gasteiger charge is 2.46. The lowest BCUT2D eigenvalue weighted by Gasteiger charge is -2.30. The molecule has 1 unspecified atom stereocenters. The Labute approximate surface area is 83.5 Å². The molecule has 2 aliphatic carbocycles. The molecule has 1 atom stereocenters. The second kappa shape index (κ2) is 3.44. The predicted molar refractivity (Wildman–Crippen MR) is 50.3 cm³/mol. The maximum Gasteiger partial charge on any atom is 0.248 e. The van der Waals surface area contributed by atoms with Gasteiger partial charge < -0.3 is 5.11 Å². The Bertz CT molecular complexity index is 211.